The van der Waals surface area contributed by atoms with Gasteiger partial charge in [-0.2, -0.15) is 0 Å². The van der Waals surface area contributed by atoms with Crippen molar-refractivity contribution in [1.82, 2.24) is 9.88 Å². The Kier molecular flexibility index (Phi) is 6.01. The second-order valence-corrected chi connectivity index (χ2v) is 11.2. The van der Waals surface area contributed by atoms with Crippen molar-refractivity contribution in [3.05, 3.63) is 39.3 Å². The van der Waals surface area contributed by atoms with Crippen LogP contribution in [-0.4, -0.2) is 41.9 Å². The van der Waals surface area contributed by atoms with E-state index in [1.54, 1.807) is 30.7 Å². The molecule has 2 aliphatic rings. The number of carbonyl (C=O) groups is 2. The number of hydrogen-bond donors (Lipinski definition) is 1. The molecule has 1 saturated carbocycles. The van der Waals surface area contributed by atoms with Gasteiger partial charge in [0, 0.05) is 35.3 Å². The van der Waals surface area contributed by atoms with Gasteiger partial charge >= 0.3 is 0 Å². The van der Waals surface area contributed by atoms with Crippen LogP contribution in [0.25, 0.3) is 0 Å². The second-order valence-electron chi connectivity index (χ2n) is 9.85. The van der Waals surface area contributed by atoms with Crippen LogP contribution >= 0.6 is 22.9 Å². The largest absolute Gasteiger partial charge is 0.495 e. The van der Waals surface area contributed by atoms with Gasteiger partial charge in [0.2, 0.25) is 5.91 Å². The lowest BCUT2D eigenvalue weighted by Gasteiger charge is -2.31. The van der Waals surface area contributed by atoms with Gasteiger partial charge in [0.05, 0.1) is 17.8 Å². The molecule has 0 bridgehead atoms. The molecule has 1 aliphatic carbocycles. The highest BCUT2D eigenvalue weighted by Gasteiger charge is 2.68. The lowest BCUT2D eigenvalue weighted by Crippen LogP contribution is -2.39. The van der Waals surface area contributed by atoms with Gasteiger partial charge in [0.1, 0.15) is 11.4 Å². The van der Waals surface area contributed by atoms with E-state index in [0.717, 1.165) is 30.9 Å². The van der Waals surface area contributed by atoms with Crippen molar-refractivity contribution in [2.75, 3.05) is 25.5 Å². The Balaban J connectivity index is 1.36. The van der Waals surface area contributed by atoms with Gasteiger partial charge in [0.25, 0.3) is 5.91 Å². The lowest BCUT2D eigenvalue weighted by molar-refractivity contribution is -0.134. The summed E-state index contributed by atoms with van der Waals surface area (Å²) in [4.78, 5) is 32.4. The minimum atomic E-state index is -0.293. The number of carbonyl (C=O) groups excluding carboxylic acids is 2. The van der Waals surface area contributed by atoms with Gasteiger partial charge in [-0.3, -0.25) is 9.59 Å². The molecule has 1 N–H and O–H groups in total. The van der Waals surface area contributed by atoms with Crippen LogP contribution in [0.4, 0.5) is 5.69 Å². The van der Waals surface area contributed by atoms with E-state index in [9.17, 15) is 9.59 Å². The second kappa shape index (κ2) is 8.34. The molecule has 0 radical (unpaired) electrons. The smallest absolute Gasteiger partial charge is 0.275 e. The molecule has 32 heavy (non-hydrogen) atoms. The lowest BCUT2D eigenvalue weighted by atomic mass is 9.96. The number of amides is 2. The van der Waals surface area contributed by atoms with E-state index in [4.69, 9.17) is 16.3 Å². The Hall–Kier alpha value is -2.12. The summed E-state index contributed by atoms with van der Waals surface area (Å²) in [5.74, 6) is 0.904. The zero-order chi connectivity index (χ0) is 23.3. The number of nitrogens with one attached hydrogen (secondary N) is 1. The summed E-state index contributed by atoms with van der Waals surface area (Å²) >= 11 is 7.55. The molecule has 172 valence electrons. The van der Waals surface area contributed by atoms with E-state index in [1.807, 2.05) is 4.90 Å². The Morgan fingerprint density at radius 2 is 1.84 bits per heavy atom. The van der Waals surface area contributed by atoms with Gasteiger partial charge in [-0.25, -0.2) is 4.98 Å². The molecule has 1 aromatic carbocycles. The van der Waals surface area contributed by atoms with Crippen molar-refractivity contribution in [3.63, 3.8) is 0 Å². The first-order valence-corrected chi connectivity index (χ1v) is 12.2. The highest BCUT2D eigenvalue weighted by Crippen LogP contribution is 2.68. The normalized spacial score (nSPS) is 20.1. The van der Waals surface area contributed by atoms with E-state index >= 15 is 0 Å². The van der Waals surface area contributed by atoms with Crippen LogP contribution in [0.15, 0.2) is 23.6 Å². The minimum Gasteiger partial charge on any atom is -0.495 e. The molecular weight excluding hydrogens is 446 g/mol. The van der Waals surface area contributed by atoms with E-state index in [1.165, 1.54) is 11.3 Å². The molecule has 4 rings (SSSR count). The third kappa shape index (κ3) is 4.01. The molecule has 8 heteroatoms. The van der Waals surface area contributed by atoms with Gasteiger partial charge in [-0.05, 0) is 41.9 Å². The van der Waals surface area contributed by atoms with Crippen LogP contribution in [0.5, 0.6) is 5.75 Å². The fourth-order valence-electron chi connectivity index (χ4n) is 4.89. The maximum atomic E-state index is 13.0. The molecule has 1 saturated heterocycles. The van der Waals surface area contributed by atoms with Gasteiger partial charge in [0.15, 0.2) is 0 Å². The number of thiazole rings is 1. The van der Waals surface area contributed by atoms with Crippen LogP contribution in [0, 0.1) is 16.7 Å². The number of anilines is 1. The molecule has 2 aromatic rings. The van der Waals surface area contributed by atoms with E-state index in [2.05, 4.69) is 38.0 Å². The standard InChI is InChI=1S/C24H30ClN3O3S/c1-23(2)19(24(23,3)4)22(30)28-10-8-14(9-11-28)21-27-17(13-32-21)20(29)26-16-12-15(25)6-7-18(16)31-5/h6-7,12-14,19H,8-11H2,1-5H3,(H,26,29). The zero-order valence-corrected chi connectivity index (χ0v) is 20.8. The Morgan fingerprint density at radius 1 is 1.19 bits per heavy atom. The van der Waals surface area contributed by atoms with E-state index in [0.29, 0.717) is 22.2 Å². The van der Waals surface area contributed by atoms with Crippen molar-refractivity contribution in [3.8, 4) is 5.75 Å². The summed E-state index contributed by atoms with van der Waals surface area (Å²) in [6.07, 6.45) is 1.74. The average Bonchev–Trinajstić information content (AvgIpc) is 3.08. The first-order valence-electron chi connectivity index (χ1n) is 11.0. The van der Waals surface area contributed by atoms with Gasteiger partial charge in [-0.15, -0.1) is 11.3 Å². The number of piperidine rings is 1. The fourth-order valence-corrected chi connectivity index (χ4v) is 6.03. The van der Waals surface area contributed by atoms with E-state index in [-0.39, 0.29) is 34.5 Å². The SMILES string of the molecule is COc1ccc(Cl)cc1NC(=O)c1csc(C2CCN(C(=O)C3C(C)(C)C3(C)C)CC2)n1. The quantitative estimate of drug-likeness (QED) is 0.624. The maximum absolute atomic E-state index is 13.0. The fraction of sp³-hybridized carbons (Fsp3) is 0.542. The number of aromatic nitrogens is 1. The van der Waals surface area contributed by atoms with Crippen LogP contribution < -0.4 is 10.1 Å². The third-order valence-electron chi connectivity index (χ3n) is 7.59. The van der Waals surface area contributed by atoms with Crippen molar-refractivity contribution < 1.29 is 14.3 Å². The summed E-state index contributed by atoms with van der Waals surface area (Å²) in [6, 6.07) is 5.07. The van der Waals surface area contributed by atoms with Crippen LogP contribution in [0.3, 0.4) is 0 Å². The van der Waals surface area contributed by atoms with Crippen molar-refractivity contribution >= 4 is 40.4 Å². The molecule has 2 heterocycles. The first kappa shape index (κ1) is 23.1. The molecule has 0 spiro atoms. The number of benzene rings is 1. The summed E-state index contributed by atoms with van der Waals surface area (Å²) in [6.45, 7) is 10.2. The molecular formula is C24H30ClN3O3S. The van der Waals surface area contributed by atoms with Crippen LogP contribution in [0.1, 0.15) is 62.0 Å². The maximum Gasteiger partial charge on any atom is 0.275 e. The van der Waals surface area contributed by atoms with E-state index < -0.39 is 0 Å². The number of hydrogen-bond acceptors (Lipinski definition) is 5. The van der Waals surface area contributed by atoms with Crippen molar-refractivity contribution in [2.45, 2.75) is 46.5 Å². The summed E-state index contributed by atoms with van der Waals surface area (Å²) in [5, 5.41) is 6.09. The number of methoxy groups -OCH3 is 1. The molecule has 0 unspecified atom stereocenters. The number of likely N-dealkylation sites (tertiary alicyclic amines) is 1. The predicted octanol–water partition coefficient (Wildman–Crippen LogP) is 5.45. The summed E-state index contributed by atoms with van der Waals surface area (Å²) in [5.41, 5.74) is 1.01. The Morgan fingerprint density at radius 3 is 2.44 bits per heavy atom. The van der Waals surface area contributed by atoms with Crippen molar-refractivity contribution in [2.24, 2.45) is 16.7 Å². The number of nitrogens with zero attached hydrogens (tertiary/aromatic N) is 2. The highest BCUT2D eigenvalue weighted by atomic mass is 35.5. The molecule has 1 aromatic heterocycles. The van der Waals surface area contributed by atoms with Crippen LogP contribution in [-0.2, 0) is 4.79 Å². The predicted molar refractivity (Wildman–Crippen MR) is 128 cm³/mol. The number of halogens is 1. The first-order chi connectivity index (χ1) is 15.1. The number of ether oxygens (including phenoxy) is 1. The summed E-state index contributed by atoms with van der Waals surface area (Å²) in [7, 11) is 1.54. The zero-order valence-electron chi connectivity index (χ0n) is 19.2. The number of rotatable bonds is 5. The molecule has 2 fully saturated rings. The Bertz CT molecular complexity index is 1030. The van der Waals surface area contributed by atoms with Gasteiger partial charge < -0.3 is 15.0 Å². The minimum absolute atomic E-state index is 0.0597. The Labute approximate surface area is 198 Å². The summed E-state index contributed by atoms with van der Waals surface area (Å²) < 4.78 is 5.29. The molecule has 0 atom stereocenters. The highest BCUT2D eigenvalue weighted by molar-refractivity contribution is 7.10. The topological polar surface area (TPSA) is 71.5 Å². The van der Waals surface area contributed by atoms with Crippen LogP contribution in [0.2, 0.25) is 5.02 Å². The molecule has 1 aliphatic heterocycles. The van der Waals surface area contributed by atoms with Gasteiger partial charge in [-0.1, -0.05) is 39.3 Å². The van der Waals surface area contributed by atoms with Crippen molar-refractivity contribution in [1.29, 1.82) is 0 Å². The average molecular weight is 476 g/mol. The molecule has 6 nitrogen and oxygen atoms in total. The molecule has 2 amide bonds. The third-order valence-corrected chi connectivity index (χ3v) is 8.83. The monoisotopic (exact) mass is 475 g/mol.